The summed E-state index contributed by atoms with van der Waals surface area (Å²) in [4.78, 5) is 15.6. The average Bonchev–Trinajstić information content (AvgIpc) is 2.98. The summed E-state index contributed by atoms with van der Waals surface area (Å²) in [6, 6.07) is 7.17. The van der Waals surface area contributed by atoms with Crippen LogP contribution in [-0.2, 0) is 0 Å². The zero-order valence-corrected chi connectivity index (χ0v) is 11.4. The van der Waals surface area contributed by atoms with Crippen LogP contribution in [0, 0.1) is 0 Å². The standard InChI is InChI=1S/C13H13N3O3S/c17-12(16-13-14-5-6-20-13)15-7-9-8-18-10-3-1-2-4-11(10)19-9/h1-6,9H,7-8H2,(H2,14,15,16,17). The molecule has 0 saturated heterocycles. The number of nitrogens with zero attached hydrogens (tertiary/aromatic N) is 1. The zero-order chi connectivity index (χ0) is 13.8. The van der Waals surface area contributed by atoms with Crippen LogP contribution in [0.4, 0.5) is 9.93 Å². The number of aromatic nitrogens is 1. The van der Waals surface area contributed by atoms with Gasteiger partial charge in [-0.1, -0.05) is 12.1 Å². The van der Waals surface area contributed by atoms with Gasteiger partial charge in [0.25, 0.3) is 0 Å². The van der Waals surface area contributed by atoms with E-state index in [1.54, 1.807) is 11.6 Å². The lowest BCUT2D eigenvalue weighted by Gasteiger charge is -2.26. The molecule has 1 aliphatic heterocycles. The lowest BCUT2D eigenvalue weighted by molar-refractivity contribution is 0.0922. The van der Waals surface area contributed by atoms with Crippen LogP contribution in [0.2, 0.25) is 0 Å². The number of hydrogen-bond donors (Lipinski definition) is 2. The molecule has 1 atom stereocenters. The Morgan fingerprint density at radius 3 is 3.05 bits per heavy atom. The van der Waals surface area contributed by atoms with E-state index in [9.17, 15) is 4.79 Å². The Labute approximate surface area is 119 Å². The minimum Gasteiger partial charge on any atom is -0.486 e. The summed E-state index contributed by atoms with van der Waals surface area (Å²) in [5, 5.41) is 7.73. The summed E-state index contributed by atoms with van der Waals surface area (Å²) in [6.07, 6.45) is 1.43. The minimum atomic E-state index is -0.303. The number of fused-ring (bicyclic) bond motifs is 1. The Kier molecular flexibility index (Phi) is 3.69. The van der Waals surface area contributed by atoms with Crippen LogP contribution in [0.25, 0.3) is 0 Å². The number of para-hydroxylation sites is 2. The number of thiazole rings is 1. The molecule has 104 valence electrons. The van der Waals surface area contributed by atoms with Gasteiger partial charge >= 0.3 is 6.03 Å². The first-order chi connectivity index (χ1) is 9.81. The molecular formula is C13H13N3O3S. The third-order valence-corrected chi connectivity index (χ3v) is 3.40. The number of carbonyl (C=O) groups excluding carboxylic acids is 1. The summed E-state index contributed by atoms with van der Waals surface area (Å²) < 4.78 is 11.3. The summed E-state index contributed by atoms with van der Waals surface area (Å²) in [6.45, 7) is 0.778. The van der Waals surface area contributed by atoms with E-state index in [-0.39, 0.29) is 12.1 Å². The van der Waals surface area contributed by atoms with Crippen LogP contribution in [0.5, 0.6) is 11.5 Å². The van der Waals surface area contributed by atoms with E-state index in [1.165, 1.54) is 11.3 Å². The van der Waals surface area contributed by atoms with E-state index in [2.05, 4.69) is 15.6 Å². The molecule has 0 radical (unpaired) electrons. The Morgan fingerprint density at radius 1 is 1.40 bits per heavy atom. The molecule has 0 bridgehead atoms. The predicted octanol–water partition coefficient (Wildman–Crippen LogP) is 2.10. The second-order valence-electron chi connectivity index (χ2n) is 4.17. The molecule has 20 heavy (non-hydrogen) atoms. The van der Waals surface area contributed by atoms with Crippen molar-refractivity contribution in [1.82, 2.24) is 10.3 Å². The molecule has 2 amide bonds. The van der Waals surface area contributed by atoms with Crippen molar-refractivity contribution < 1.29 is 14.3 Å². The molecule has 0 saturated carbocycles. The molecule has 6 nitrogen and oxygen atoms in total. The van der Waals surface area contributed by atoms with E-state index < -0.39 is 0 Å². The number of amides is 2. The summed E-state index contributed by atoms with van der Waals surface area (Å²) in [5.41, 5.74) is 0. The Morgan fingerprint density at radius 2 is 2.25 bits per heavy atom. The first kappa shape index (κ1) is 12.7. The second kappa shape index (κ2) is 5.79. The maximum Gasteiger partial charge on any atom is 0.321 e. The molecule has 7 heteroatoms. The number of benzene rings is 1. The molecule has 2 N–H and O–H groups in total. The Bertz CT molecular complexity index is 588. The molecule has 2 aromatic rings. The van der Waals surface area contributed by atoms with Crippen LogP contribution in [-0.4, -0.2) is 30.3 Å². The summed E-state index contributed by atoms with van der Waals surface area (Å²) >= 11 is 1.36. The van der Waals surface area contributed by atoms with Gasteiger partial charge in [0.15, 0.2) is 22.7 Å². The van der Waals surface area contributed by atoms with Crippen LogP contribution in [0.1, 0.15) is 0 Å². The van der Waals surface area contributed by atoms with E-state index in [4.69, 9.17) is 9.47 Å². The molecule has 0 aliphatic carbocycles. The lowest BCUT2D eigenvalue weighted by atomic mass is 10.2. The van der Waals surface area contributed by atoms with Crippen molar-refractivity contribution in [3.05, 3.63) is 35.8 Å². The quantitative estimate of drug-likeness (QED) is 0.908. The van der Waals surface area contributed by atoms with Gasteiger partial charge in [0.05, 0.1) is 6.54 Å². The minimum absolute atomic E-state index is 0.202. The molecular weight excluding hydrogens is 278 g/mol. The highest BCUT2D eigenvalue weighted by Gasteiger charge is 2.21. The first-order valence-corrected chi connectivity index (χ1v) is 7.02. The van der Waals surface area contributed by atoms with Crippen molar-refractivity contribution in [1.29, 1.82) is 0 Å². The highest BCUT2D eigenvalue weighted by atomic mass is 32.1. The van der Waals surface area contributed by atoms with Gasteiger partial charge in [-0.05, 0) is 12.1 Å². The number of ether oxygens (including phenoxy) is 2. The van der Waals surface area contributed by atoms with E-state index in [1.807, 2.05) is 24.3 Å². The SMILES string of the molecule is O=C(NCC1COc2ccccc2O1)Nc1nccs1. The maximum atomic E-state index is 11.6. The van der Waals surface area contributed by atoms with Gasteiger partial charge in [-0.2, -0.15) is 0 Å². The molecule has 1 aromatic carbocycles. The fourth-order valence-corrected chi connectivity index (χ4v) is 2.32. The molecule has 0 fully saturated rings. The van der Waals surface area contributed by atoms with Crippen molar-refractivity contribution in [3.63, 3.8) is 0 Å². The third-order valence-electron chi connectivity index (χ3n) is 2.71. The molecule has 0 spiro atoms. The van der Waals surface area contributed by atoms with Crippen LogP contribution in [0.3, 0.4) is 0 Å². The van der Waals surface area contributed by atoms with Crippen molar-refractivity contribution in [3.8, 4) is 11.5 Å². The second-order valence-corrected chi connectivity index (χ2v) is 5.06. The van der Waals surface area contributed by atoms with Gasteiger partial charge in [-0.3, -0.25) is 5.32 Å². The van der Waals surface area contributed by atoms with Gasteiger partial charge in [-0.15, -0.1) is 11.3 Å². The Balaban J connectivity index is 1.49. The van der Waals surface area contributed by atoms with Gasteiger partial charge < -0.3 is 14.8 Å². The number of carbonyl (C=O) groups is 1. The van der Waals surface area contributed by atoms with E-state index in [0.717, 1.165) is 5.75 Å². The van der Waals surface area contributed by atoms with Crippen LogP contribution in [0.15, 0.2) is 35.8 Å². The molecule has 1 aromatic heterocycles. The molecule has 1 unspecified atom stereocenters. The fraction of sp³-hybridized carbons (Fsp3) is 0.231. The summed E-state index contributed by atoms with van der Waals surface area (Å²) in [5.74, 6) is 1.43. The maximum absolute atomic E-state index is 11.6. The Hall–Kier alpha value is -2.28. The van der Waals surface area contributed by atoms with Gasteiger partial charge in [0.1, 0.15) is 6.61 Å². The molecule has 1 aliphatic rings. The van der Waals surface area contributed by atoms with Crippen molar-refractivity contribution in [2.75, 3.05) is 18.5 Å². The smallest absolute Gasteiger partial charge is 0.321 e. The fourth-order valence-electron chi connectivity index (χ4n) is 1.80. The monoisotopic (exact) mass is 291 g/mol. The van der Waals surface area contributed by atoms with Gasteiger partial charge in [0, 0.05) is 11.6 Å². The summed E-state index contributed by atoms with van der Waals surface area (Å²) in [7, 11) is 0. The largest absolute Gasteiger partial charge is 0.486 e. The van der Waals surface area contributed by atoms with Gasteiger partial charge in [-0.25, -0.2) is 9.78 Å². The normalized spacial score (nSPS) is 16.5. The predicted molar refractivity (Wildman–Crippen MR) is 75.5 cm³/mol. The number of rotatable bonds is 3. The first-order valence-electron chi connectivity index (χ1n) is 6.14. The highest BCUT2D eigenvalue weighted by Crippen LogP contribution is 2.30. The van der Waals surface area contributed by atoms with E-state index >= 15 is 0 Å². The number of nitrogens with one attached hydrogen (secondary N) is 2. The van der Waals surface area contributed by atoms with Crippen molar-refractivity contribution in [2.45, 2.75) is 6.10 Å². The topological polar surface area (TPSA) is 72.5 Å². The van der Waals surface area contributed by atoms with Gasteiger partial charge in [0.2, 0.25) is 0 Å². The van der Waals surface area contributed by atoms with Crippen molar-refractivity contribution in [2.24, 2.45) is 0 Å². The van der Waals surface area contributed by atoms with Crippen molar-refractivity contribution >= 4 is 22.5 Å². The molecule has 2 heterocycles. The molecule has 3 rings (SSSR count). The van der Waals surface area contributed by atoms with Crippen LogP contribution < -0.4 is 20.1 Å². The number of anilines is 1. The average molecular weight is 291 g/mol. The van der Waals surface area contributed by atoms with E-state index in [0.29, 0.717) is 24.0 Å². The lowest BCUT2D eigenvalue weighted by Crippen LogP contribution is -2.42. The number of urea groups is 1. The highest BCUT2D eigenvalue weighted by molar-refractivity contribution is 7.13. The third kappa shape index (κ3) is 3.00. The van der Waals surface area contributed by atoms with Crippen LogP contribution >= 0.6 is 11.3 Å². The zero-order valence-electron chi connectivity index (χ0n) is 10.5. The number of hydrogen-bond acceptors (Lipinski definition) is 5.